The van der Waals surface area contributed by atoms with E-state index in [0.717, 1.165) is 15.8 Å². The number of fused-ring (bicyclic) bond motifs is 1. The average Bonchev–Trinajstić information content (AvgIpc) is 3.51. The first-order chi connectivity index (χ1) is 17.8. The number of hydrogen-bond acceptors (Lipinski definition) is 9. The Morgan fingerprint density at radius 1 is 1.16 bits per heavy atom. The molecule has 12 heteroatoms. The van der Waals surface area contributed by atoms with Crippen LogP contribution in [0.1, 0.15) is 26.9 Å². The summed E-state index contributed by atoms with van der Waals surface area (Å²) in [7, 11) is 0. The number of benzene rings is 3. The van der Waals surface area contributed by atoms with Crippen LogP contribution in [0.25, 0.3) is 10.2 Å². The molecule has 2 atom stereocenters. The van der Waals surface area contributed by atoms with Gasteiger partial charge in [-0.25, -0.2) is 4.98 Å². The van der Waals surface area contributed by atoms with E-state index in [1.54, 1.807) is 36.4 Å². The van der Waals surface area contributed by atoms with Crippen molar-refractivity contribution < 1.29 is 19.6 Å². The zero-order valence-electron chi connectivity index (χ0n) is 19.3. The largest absolute Gasteiger partial charge is 0.480 e. The highest BCUT2D eigenvalue weighted by Crippen LogP contribution is 2.42. The molecule has 1 amide bonds. The van der Waals surface area contributed by atoms with Crippen LogP contribution in [-0.2, 0) is 4.79 Å². The van der Waals surface area contributed by atoms with Crippen LogP contribution in [0.15, 0.2) is 69.9 Å². The van der Waals surface area contributed by atoms with E-state index in [1.165, 1.54) is 40.9 Å². The third kappa shape index (κ3) is 5.62. The molecule has 0 saturated carbocycles. The van der Waals surface area contributed by atoms with Crippen molar-refractivity contribution >= 4 is 68.3 Å². The number of thiazole rings is 1. The number of nitrogens with zero attached hydrogens (tertiary/aromatic N) is 2. The number of aromatic nitrogens is 1. The second kappa shape index (κ2) is 10.5. The van der Waals surface area contributed by atoms with Crippen LogP contribution < -0.4 is 10.6 Å². The van der Waals surface area contributed by atoms with E-state index in [2.05, 4.69) is 15.6 Å². The highest BCUT2D eigenvalue weighted by Gasteiger charge is 2.31. The van der Waals surface area contributed by atoms with E-state index in [0.29, 0.717) is 31.8 Å². The molecule has 1 aliphatic rings. The lowest BCUT2D eigenvalue weighted by Gasteiger charge is -2.12. The number of carboxylic acids is 1. The normalized spacial score (nSPS) is 17.1. The molecule has 37 heavy (non-hydrogen) atoms. The second-order valence-corrected chi connectivity index (χ2v) is 11.8. The number of aryl methyl sites for hydroxylation is 1. The van der Waals surface area contributed by atoms with Crippen molar-refractivity contribution in [3.63, 3.8) is 0 Å². The predicted molar refractivity (Wildman–Crippen MR) is 146 cm³/mol. The van der Waals surface area contributed by atoms with E-state index in [9.17, 15) is 24.8 Å². The molecule has 1 aromatic heterocycles. The lowest BCUT2D eigenvalue weighted by molar-refractivity contribution is -0.387. The van der Waals surface area contributed by atoms with Gasteiger partial charge in [0.15, 0.2) is 4.34 Å². The Bertz CT molecular complexity index is 1520. The molecule has 3 N–H and O–H groups in total. The molecule has 0 bridgehead atoms. The van der Waals surface area contributed by atoms with E-state index >= 15 is 0 Å². The molecule has 1 saturated heterocycles. The highest BCUT2D eigenvalue weighted by atomic mass is 32.2. The number of anilines is 1. The number of aliphatic carboxylic acids is 1. The SMILES string of the molecule is Cc1ccc(C(=O)Nc2ccc3nc(Sc4ccc([C@@H]5N[C@@H](C(=O)O)CS5)cc4[N+](=O)[O-])sc3c2)cc1. The van der Waals surface area contributed by atoms with Crippen molar-refractivity contribution in [2.24, 2.45) is 0 Å². The van der Waals surface area contributed by atoms with Crippen molar-refractivity contribution in [2.75, 3.05) is 11.1 Å². The minimum absolute atomic E-state index is 0.0611. The molecule has 1 aliphatic heterocycles. The molecule has 5 rings (SSSR count). The van der Waals surface area contributed by atoms with Crippen molar-refractivity contribution in [3.8, 4) is 0 Å². The second-order valence-electron chi connectivity index (χ2n) is 8.34. The average molecular weight is 553 g/mol. The third-order valence-corrected chi connectivity index (χ3v) is 9.11. The fourth-order valence-corrected chi connectivity index (χ4v) is 7.13. The Balaban J connectivity index is 1.34. The summed E-state index contributed by atoms with van der Waals surface area (Å²) in [5.74, 6) is -0.757. The Hall–Kier alpha value is -3.45. The Labute approximate surface area is 223 Å². The number of carbonyl (C=O) groups is 2. The van der Waals surface area contributed by atoms with E-state index in [1.807, 2.05) is 25.1 Å². The van der Waals surface area contributed by atoms with Crippen LogP contribution in [-0.4, -0.2) is 38.7 Å². The van der Waals surface area contributed by atoms with Gasteiger partial charge in [0.2, 0.25) is 0 Å². The highest BCUT2D eigenvalue weighted by molar-refractivity contribution is 8.01. The number of nitro groups is 1. The summed E-state index contributed by atoms with van der Waals surface area (Å²) >= 11 is 3.99. The van der Waals surface area contributed by atoms with Gasteiger partial charge in [-0.3, -0.25) is 25.0 Å². The Kier molecular flexibility index (Phi) is 7.15. The van der Waals surface area contributed by atoms with Crippen molar-refractivity contribution in [3.05, 3.63) is 87.5 Å². The number of nitro benzene ring substituents is 1. The van der Waals surface area contributed by atoms with Crippen LogP contribution >= 0.6 is 34.9 Å². The molecular weight excluding hydrogens is 532 g/mol. The first-order valence-corrected chi connectivity index (χ1v) is 13.8. The summed E-state index contributed by atoms with van der Waals surface area (Å²) in [6, 6.07) is 17.0. The monoisotopic (exact) mass is 552 g/mol. The van der Waals surface area contributed by atoms with Crippen LogP contribution in [0.5, 0.6) is 0 Å². The van der Waals surface area contributed by atoms with E-state index in [-0.39, 0.29) is 17.0 Å². The third-order valence-electron chi connectivity index (χ3n) is 5.70. The van der Waals surface area contributed by atoms with Gasteiger partial charge in [0.25, 0.3) is 11.6 Å². The van der Waals surface area contributed by atoms with Gasteiger partial charge in [-0.1, -0.05) is 35.5 Å². The molecule has 1 fully saturated rings. The van der Waals surface area contributed by atoms with Crippen LogP contribution in [0.4, 0.5) is 11.4 Å². The van der Waals surface area contributed by atoms with Gasteiger partial charge >= 0.3 is 5.97 Å². The van der Waals surface area contributed by atoms with Crippen LogP contribution in [0, 0.1) is 17.0 Å². The smallest absolute Gasteiger partial charge is 0.321 e. The first-order valence-electron chi connectivity index (χ1n) is 11.1. The lowest BCUT2D eigenvalue weighted by Crippen LogP contribution is -2.33. The summed E-state index contributed by atoms with van der Waals surface area (Å²) < 4.78 is 1.47. The molecule has 4 aromatic rings. The first kappa shape index (κ1) is 25.2. The molecule has 0 aliphatic carbocycles. The number of amides is 1. The minimum atomic E-state index is -0.939. The summed E-state index contributed by atoms with van der Waals surface area (Å²) in [4.78, 5) is 40.2. The van der Waals surface area contributed by atoms with Crippen LogP contribution in [0.3, 0.4) is 0 Å². The number of rotatable bonds is 7. The van der Waals surface area contributed by atoms with E-state index in [4.69, 9.17) is 0 Å². The molecule has 2 heterocycles. The van der Waals surface area contributed by atoms with Crippen molar-refractivity contribution in [1.29, 1.82) is 0 Å². The Morgan fingerprint density at radius 2 is 1.95 bits per heavy atom. The lowest BCUT2D eigenvalue weighted by atomic mass is 10.1. The van der Waals surface area contributed by atoms with Gasteiger partial charge in [0, 0.05) is 23.1 Å². The molecule has 188 valence electrons. The Morgan fingerprint density at radius 3 is 2.65 bits per heavy atom. The van der Waals surface area contributed by atoms with Gasteiger partial charge < -0.3 is 10.4 Å². The maximum Gasteiger partial charge on any atom is 0.321 e. The fraction of sp³-hybridized carbons (Fsp3) is 0.160. The van der Waals surface area contributed by atoms with Gasteiger partial charge in [0.05, 0.1) is 25.4 Å². The molecule has 0 radical (unpaired) electrons. The summed E-state index contributed by atoms with van der Waals surface area (Å²) in [6.45, 7) is 1.96. The van der Waals surface area contributed by atoms with Crippen molar-refractivity contribution in [2.45, 2.75) is 27.6 Å². The number of carboxylic acid groups (broad SMARTS) is 1. The van der Waals surface area contributed by atoms with Gasteiger partial charge in [-0.2, -0.15) is 0 Å². The molecule has 3 aromatic carbocycles. The maximum absolute atomic E-state index is 12.6. The van der Waals surface area contributed by atoms with Crippen molar-refractivity contribution in [1.82, 2.24) is 10.3 Å². The summed E-state index contributed by atoms with van der Waals surface area (Å²) in [5, 5.41) is 26.6. The standard InChI is InChI=1S/C25H20N4O5S3/c1-13-2-4-14(5-3-13)22(30)26-16-7-8-17-21(11-16)37-25(28-17)36-20-9-6-15(10-19(20)29(33)34)23-27-18(12-35-23)24(31)32/h2-11,18,23,27H,12H2,1H3,(H,26,30)(H,31,32)/t18-,23-/m1/s1. The summed E-state index contributed by atoms with van der Waals surface area (Å²) in [6.07, 6.45) is 0. The quantitative estimate of drug-likeness (QED) is 0.195. The minimum Gasteiger partial charge on any atom is -0.480 e. The van der Waals surface area contributed by atoms with Gasteiger partial charge in [0.1, 0.15) is 6.04 Å². The van der Waals surface area contributed by atoms with E-state index < -0.39 is 16.9 Å². The zero-order valence-corrected chi connectivity index (χ0v) is 21.8. The van der Waals surface area contributed by atoms with Crippen LogP contribution in [0.2, 0.25) is 0 Å². The zero-order chi connectivity index (χ0) is 26.1. The molecule has 0 unspecified atom stereocenters. The number of carbonyl (C=O) groups excluding carboxylic acids is 1. The summed E-state index contributed by atoms with van der Waals surface area (Å²) in [5.41, 5.74) is 3.59. The maximum atomic E-state index is 12.6. The fourth-order valence-electron chi connectivity index (χ4n) is 3.76. The molecule has 9 nitrogen and oxygen atoms in total. The molecular formula is C25H20N4O5S3. The predicted octanol–water partition coefficient (Wildman–Crippen LogP) is 5.70. The molecule has 0 spiro atoms. The number of nitrogens with one attached hydrogen (secondary N) is 2. The number of thioether (sulfide) groups is 1. The number of hydrogen-bond donors (Lipinski definition) is 3. The topological polar surface area (TPSA) is 134 Å². The van der Waals surface area contributed by atoms with Gasteiger partial charge in [-0.05, 0) is 48.9 Å². The van der Waals surface area contributed by atoms with Gasteiger partial charge in [-0.15, -0.1) is 23.1 Å².